The van der Waals surface area contributed by atoms with Gasteiger partial charge >= 0.3 is 0 Å². The van der Waals surface area contributed by atoms with Crippen LogP contribution in [-0.2, 0) is 9.59 Å². The minimum Gasteiger partial charge on any atom is -0.480 e. The molecule has 0 aromatic heterocycles. The second kappa shape index (κ2) is 10.3. The van der Waals surface area contributed by atoms with Crippen LogP contribution in [0.1, 0.15) is 48.2 Å². The predicted octanol–water partition coefficient (Wildman–Crippen LogP) is 3.27. The number of hydrazine groups is 1. The molecule has 0 fully saturated rings. The van der Waals surface area contributed by atoms with Gasteiger partial charge in [0.1, 0.15) is 5.75 Å². The second-order valence-electron chi connectivity index (χ2n) is 6.80. The molecule has 0 bridgehead atoms. The summed E-state index contributed by atoms with van der Waals surface area (Å²) in [6, 6.07) is 12.1. The molecule has 0 saturated heterocycles. The Bertz CT molecular complexity index is 858. The number of anilines is 1. The molecule has 2 aromatic carbocycles. The Labute approximate surface area is 170 Å². The smallest absolute Gasteiger partial charge is 0.279 e. The summed E-state index contributed by atoms with van der Waals surface area (Å²) in [5.74, 6) is -0.356. The van der Waals surface area contributed by atoms with E-state index in [0.29, 0.717) is 23.4 Å². The van der Waals surface area contributed by atoms with Crippen LogP contribution in [-0.4, -0.2) is 23.8 Å². The van der Waals surface area contributed by atoms with E-state index in [2.05, 4.69) is 16.2 Å². The molecule has 154 valence electrons. The van der Waals surface area contributed by atoms with Gasteiger partial charge in [0.05, 0.1) is 0 Å². The summed E-state index contributed by atoms with van der Waals surface area (Å²) >= 11 is 0. The summed E-state index contributed by atoms with van der Waals surface area (Å²) in [4.78, 5) is 36.1. The van der Waals surface area contributed by atoms with Crippen molar-refractivity contribution in [2.75, 3.05) is 5.32 Å². The molecule has 0 heterocycles. The van der Waals surface area contributed by atoms with Gasteiger partial charge in [0.15, 0.2) is 6.10 Å². The molecule has 1 unspecified atom stereocenters. The maximum Gasteiger partial charge on any atom is 0.279 e. The Kier molecular flexibility index (Phi) is 7.77. The summed E-state index contributed by atoms with van der Waals surface area (Å²) in [5, 5.41) is 2.75. The lowest BCUT2D eigenvalue weighted by Crippen LogP contribution is -2.47. The number of hydrogen-bond acceptors (Lipinski definition) is 4. The van der Waals surface area contributed by atoms with E-state index in [4.69, 9.17) is 4.74 Å². The van der Waals surface area contributed by atoms with Crippen molar-refractivity contribution in [2.45, 2.75) is 46.6 Å². The number of carbonyl (C=O) groups is 3. The van der Waals surface area contributed by atoms with Crippen molar-refractivity contribution in [2.24, 2.45) is 0 Å². The summed E-state index contributed by atoms with van der Waals surface area (Å²) in [6.45, 7) is 7.35. The maximum atomic E-state index is 12.2. The largest absolute Gasteiger partial charge is 0.480 e. The van der Waals surface area contributed by atoms with Crippen molar-refractivity contribution in [3.8, 4) is 5.75 Å². The van der Waals surface area contributed by atoms with Crippen LogP contribution in [0, 0.1) is 13.8 Å². The van der Waals surface area contributed by atoms with Gasteiger partial charge in [0.2, 0.25) is 5.91 Å². The zero-order chi connectivity index (χ0) is 21.4. The fourth-order valence-electron chi connectivity index (χ4n) is 2.66. The topological polar surface area (TPSA) is 96.5 Å². The van der Waals surface area contributed by atoms with Crippen molar-refractivity contribution < 1.29 is 19.1 Å². The molecule has 2 rings (SSSR count). The van der Waals surface area contributed by atoms with Gasteiger partial charge in [-0.1, -0.05) is 25.1 Å². The van der Waals surface area contributed by atoms with E-state index in [-0.39, 0.29) is 5.91 Å². The van der Waals surface area contributed by atoms with E-state index >= 15 is 0 Å². The van der Waals surface area contributed by atoms with Crippen LogP contribution in [0.15, 0.2) is 42.5 Å². The lowest BCUT2D eigenvalue weighted by molar-refractivity contribution is -0.128. The molecular weight excluding hydrogens is 370 g/mol. The zero-order valence-corrected chi connectivity index (χ0v) is 17.2. The first kappa shape index (κ1) is 21.9. The van der Waals surface area contributed by atoms with Crippen LogP contribution in [0.3, 0.4) is 0 Å². The van der Waals surface area contributed by atoms with Gasteiger partial charge in [0.25, 0.3) is 11.8 Å². The van der Waals surface area contributed by atoms with Gasteiger partial charge in [0, 0.05) is 17.7 Å². The van der Waals surface area contributed by atoms with Crippen LogP contribution in [0.25, 0.3) is 0 Å². The fourth-order valence-corrected chi connectivity index (χ4v) is 2.66. The molecule has 2 aromatic rings. The van der Waals surface area contributed by atoms with Gasteiger partial charge in [-0.3, -0.25) is 25.2 Å². The standard InChI is InChI=1S/C22H27N3O4/c1-5-7-19(26)23-18-12-10-17(11-13-18)22(28)25-24-21(27)16(4)29-20-14(2)8-6-9-15(20)3/h6,8-13,16H,5,7H2,1-4H3,(H,23,26)(H,24,27)(H,25,28). The highest BCUT2D eigenvalue weighted by Crippen LogP contribution is 2.23. The molecule has 0 spiro atoms. The average molecular weight is 397 g/mol. The summed E-state index contributed by atoms with van der Waals surface area (Å²) in [6.07, 6.45) is 0.417. The first-order chi connectivity index (χ1) is 13.8. The van der Waals surface area contributed by atoms with Crippen molar-refractivity contribution in [1.82, 2.24) is 10.9 Å². The molecule has 3 amide bonds. The SMILES string of the molecule is CCCC(=O)Nc1ccc(C(=O)NNC(=O)C(C)Oc2c(C)cccc2C)cc1. The molecule has 7 nitrogen and oxygen atoms in total. The molecule has 0 saturated carbocycles. The van der Waals surface area contributed by atoms with Crippen LogP contribution in [0.2, 0.25) is 0 Å². The summed E-state index contributed by atoms with van der Waals surface area (Å²) < 4.78 is 5.74. The van der Waals surface area contributed by atoms with Gasteiger partial charge in [-0.2, -0.15) is 0 Å². The molecule has 0 aliphatic heterocycles. The molecule has 1 atom stereocenters. The monoisotopic (exact) mass is 397 g/mol. The highest BCUT2D eigenvalue weighted by atomic mass is 16.5. The number of rotatable bonds is 7. The molecule has 7 heteroatoms. The van der Waals surface area contributed by atoms with E-state index in [9.17, 15) is 14.4 Å². The first-order valence-corrected chi connectivity index (χ1v) is 9.54. The minimum atomic E-state index is -0.786. The molecular formula is C22H27N3O4. The Morgan fingerprint density at radius 2 is 1.59 bits per heavy atom. The van der Waals surface area contributed by atoms with Crippen molar-refractivity contribution in [1.29, 1.82) is 0 Å². The highest BCUT2D eigenvalue weighted by molar-refractivity contribution is 5.97. The third kappa shape index (κ3) is 6.34. The number of aryl methyl sites for hydroxylation is 2. The number of hydrogen-bond donors (Lipinski definition) is 3. The number of amides is 3. The normalized spacial score (nSPS) is 11.3. The first-order valence-electron chi connectivity index (χ1n) is 9.54. The van der Waals surface area contributed by atoms with E-state index in [1.165, 1.54) is 0 Å². The third-order valence-electron chi connectivity index (χ3n) is 4.28. The van der Waals surface area contributed by atoms with Crippen LogP contribution in [0.5, 0.6) is 5.75 Å². The fraction of sp³-hybridized carbons (Fsp3) is 0.318. The van der Waals surface area contributed by atoms with Crippen molar-refractivity contribution in [3.05, 3.63) is 59.2 Å². The third-order valence-corrected chi connectivity index (χ3v) is 4.28. The lowest BCUT2D eigenvalue weighted by atomic mass is 10.1. The maximum absolute atomic E-state index is 12.2. The lowest BCUT2D eigenvalue weighted by Gasteiger charge is -2.18. The molecule has 0 aliphatic carbocycles. The highest BCUT2D eigenvalue weighted by Gasteiger charge is 2.17. The van der Waals surface area contributed by atoms with Gasteiger partial charge in [-0.25, -0.2) is 0 Å². The van der Waals surface area contributed by atoms with Crippen LogP contribution in [0.4, 0.5) is 5.69 Å². The van der Waals surface area contributed by atoms with Crippen LogP contribution < -0.4 is 20.9 Å². The van der Waals surface area contributed by atoms with Gasteiger partial charge < -0.3 is 10.1 Å². The second-order valence-corrected chi connectivity index (χ2v) is 6.80. The number of benzene rings is 2. The minimum absolute atomic E-state index is 0.0742. The van der Waals surface area contributed by atoms with Gasteiger partial charge in [-0.15, -0.1) is 0 Å². The molecule has 0 aliphatic rings. The Morgan fingerprint density at radius 1 is 0.966 bits per heavy atom. The number of carbonyl (C=O) groups excluding carboxylic acids is 3. The number of para-hydroxylation sites is 1. The summed E-state index contributed by atoms with van der Waals surface area (Å²) in [5.41, 5.74) is 7.56. The van der Waals surface area contributed by atoms with Crippen molar-refractivity contribution >= 4 is 23.4 Å². The molecule has 3 N–H and O–H groups in total. The predicted molar refractivity (Wildman–Crippen MR) is 112 cm³/mol. The Balaban J connectivity index is 1.87. The van der Waals surface area contributed by atoms with E-state index in [1.807, 2.05) is 39.0 Å². The molecule has 29 heavy (non-hydrogen) atoms. The van der Waals surface area contributed by atoms with Crippen molar-refractivity contribution in [3.63, 3.8) is 0 Å². The molecule has 0 radical (unpaired) electrons. The Morgan fingerprint density at radius 3 is 2.17 bits per heavy atom. The van der Waals surface area contributed by atoms with Crippen LogP contribution >= 0.6 is 0 Å². The Hall–Kier alpha value is -3.35. The zero-order valence-electron chi connectivity index (χ0n) is 17.2. The summed E-state index contributed by atoms with van der Waals surface area (Å²) in [7, 11) is 0. The number of nitrogens with one attached hydrogen (secondary N) is 3. The van der Waals surface area contributed by atoms with Gasteiger partial charge in [-0.05, 0) is 62.6 Å². The van der Waals surface area contributed by atoms with E-state index in [1.54, 1.807) is 31.2 Å². The van der Waals surface area contributed by atoms with E-state index < -0.39 is 17.9 Å². The number of ether oxygens (including phenoxy) is 1. The van der Waals surface area contributed by atoms with E-state index in [0.717, 1.165) is 17.5 Å². The average Bonchev–Trinajstić information content (AvgIpc) is 2.69. The quantitative estimate of drug-likeness (QED) is 0.625.